The lowest BCUT2D eigenvalue weighted by molar-refractivity contribution is 0.318. The molecule has 1 rings (SSSR count). The molecule has 0 atom stereocenters. The van der Waals surface area contributed by atoms with Gasteiger partial charge in [-0.25, -0.2) is 8.42 Å². The van der Waals surface area contributed by atoms with Crippen molar-refractivity contribution >= 4 is 10.0 Å². The van der Waals surface area contributed by atoms with E-state index >= 15 is 0 Å². The average Bonchev–Trinajstić information content (AvgIpc) is 2.45. The smallest absolute Gasteiger partial charge is 0.243 e. The molecular weight excluding hydrogens is 288 g/mol. The molecule has 0 heterocycles. The van der Waals surface area contributed by atoms with Crippen molar-refractivity contribution in [2.45, 2.75) is 38.1 Å². The lowest BCUT2D eigenvalue weighted by Gasteiger charge is -2.25. The summed E-state index contributed by atoms with van der Waals surface area (Å²) in [5, 5.41) is 2.99. The van der Waals surface area contributed by atoms with Crippen molar-refractivity contribution in [3.05, 3.63) is 24.3 Å². The van der Waals surface area contributed by atoms with Gasteiger partial charge in [-0.05, 0) is 51.6 Å². The predicted molar refractivity (Wildman–Crippen MR) is 85.2 cm³/mol. The molecule has 0 fully saturated rings. The van der Waals surface area contributed by atoms with Gasteiger partial charge in [-0.2, -0.15) is 4.31 Å². The van der Waals surface area contributed by atoms with E-state index in [1.807, 2.05) is 27.8 Å². The number of benzene rings is 1. The average molecular weight is 314 g/mol. The van der Waals surface area contributed by atoms with Gasteiger partial charge in [-0.3, -0.25) is 0 Å². The van der Waals surface area contributed by atoms with E-state index in [-0.39, 0.29) is 6.04 Å². The Balaban J connectivity index is 2.88. The number of hydrogen-bond donors (Lipinski definition) is 1. The second kappa shape index (κ2) is 8.36. The van der Waals surface area contributed by atoms with Crippen molar-refractivity contribution in [3.63, 3.8) is 0 Å². The molecule has 0 aliphatic carbocycles. The third kappa shape index (κ3) is 4.98. The van der Waals surface area contributed by atoms with Crippen LogP contribution in [0, 0.1) is 0 Å². The van der Waals surface area contributed by atoms with Crippen LogP contribution in [0.3, 0.4) is 0 Å². The van der Waals surface area contributed by atoms with Crippen LogP contribution in [0.5, 0.6) is 5.75 Å². The maximum Gasteiger partial charge on any atom is 0.243 e. The van der Waals surface area contributed by atoms with E-state index in [1.54, 1.807) is 24.3 Å². The largest absolute Gasteiger partial charge is 0.492 e. The van der Waals surface area contributed by atoms with Gasteiger partial charge in [0.25, 0.3) is 0 Å². The van der Waals surface area contributed by atoms with Crippen LogP contribution in [0.2, 0.25) is 0 Å². The lowest BCUT2D eigenvalue weighted by Crippen LogP contribution is -2.37. The molecule has 0 radical (unpaired) electrons. The SMILES string of the molecule is CCCN(C(C)C)S(=O)(=O)c1ccc(OCCNC)cc1. The summed E-state index contributed by atoms with van der Waals surface area (Å²) >= 11 is 0. The van der Waals surface area contributed by atoms with Gasteiger partial charge >= 0.3 is 0 Å². The molecular formula is C15H26N2O3S. The van der Waals surface area contributed by atoms with Gasteiger partial charge < -0.3 is 10.1 Å². The second-order valence-electron chi connectivity index (χ2n) is 5.13. The van der Waals surface area contributed by atoms with Gasteiger partial charge in [0.15, 0.2) is 0 Å². The van der Waals surface area contributed by atoms with Crippen molar-refractivity contribution in [1.82, 2.24) is 9.62 Å². The number of rotatable bonds is 9. The normalized spacial score (nSPS) is 12.1. The van der Waals surface area contributed by atoms with E-state index in [2.05, 4.69) is 5.32 Å². The molecule has 1 aromatic carbocycles. The highest BCUT2D eigenvalue weighted by Gasteiger charge is 2.25. The molecule has 1 N–H and O–H groups in total. The van der Waals surface area contributed by atoms with Gasteiger partial charge in [0, 0.05) is 19.1 Å². The highest BCUT2D eigenvalue weighted by atomic mass is 32.2. The Labute approximate surface area is 128 Å². The zero-order valence-corrected chi connectivity index (χ0v) is 14.1. The van der Waals surface area contributed by atoms with Crippen LogP contribution < -0.4 is 10.1 Å². The fraction of sp³-hybridized carbons (Fsp3) is 0.600. The molecule has 0 spiro atoms. The first-order valence-corrected chi connectivity index (χ1v) is 8.76. The quantitative estimate of drug-likeness (QED) is 0.709. The van der Waals surface area contributed by atoms with E-state index in [0.717, 1.165) is 13.0 Å². The first-order valence-electron chi connectivity index (χ1n) is 7.32. The van der Waals surface area contributed by atoms with Crippen molar-refractivity contribution in [2.75, 3.05) is 26.7 Å². The fourth-order valence-corrected chi connectivity index (χ4v) is 3.72. The summed E-state index contributed by atoms with van der Waals surface area (Å²) in [5.74, 6) is 0.677. The third-order valence-corrected chi connectivity index (χ3v) is 5.16. The second-order valence-corrected chi connectivity index (χ2v) is 7.02. The molecule has 0 aromatic heterocycles. The Morgan fingerprint density at radius 1 is 1.24 bits per heavy atom. The Morgan fingerprint density at radius 3 is 2.33 bits per heavy atom. The molecule has 0 bridgehead atoms. The summed E-state index contributed by atoms with van der Waals surface area (Å²) in [4.78, 5) is 0.311. The van der Waals surface area contributed by atoms with Crippen LogP contribution in [0.15, 0.2) is 29.2 Å². The van der Waals surface area contributed by atoms with E-state index < -0.39 is 10.0 Å². The molecule has 120 valence electrons. The number of nitrogens with one attached hydrogen (secondary N) is 1. The first-order chi connectivity index (χ1) is 9.93. The van der Waals surface area contributed by atoms with Crippen LogP contribution in [0.4, 0.5) is 0 Å². The topological polar surface area (TPSA) is 58.6 Å². The van der Waals surface area contributed by atoms with E-state index in [9.17, 15) is 8.42 Å². The minimum absolute atomic E-state index is 0.0542. The molecule has 0 amide bonds. The van der Waals surface area contributed by atoms with Gasteiger partial charge in [0.2, 0.25) is 10.0 Å². The van der Waals surface area contributed by atoms with E-state index in [0.29, 0.717) is 23.8 Å². The molecule has 1 aromatic rings. The van der Waals surface area contributed by atoms with Gasteiger partial charge in [0.05, 0.1) is 4.90 Å². The zero-order chi connectivity index (χ0) is 15.9. The first kappa shape index (κ1) is 17.9. The highest BCUT2D eigenvalue weighted by Crippen LogP contribution is 2.21. The molecule has 0 unspecified atom stereocenters. The molecule has 5 nitrogen and oxygen atoms in total. The highest BCUT2D eigenvalue weighted by molar-refractivity contribution is 7.89. The summed E-state index contributed by atoms with van der Waals surface area (Å²) < 4.78 is 32.3. The Hall–Kier alpha value is -1.11. The minimum Gasteiger partial charge on any atom is -0.492 e. The zero-order valence-electron chi connectivity index (χ0n) is 13.3. The van der Waals surface area contributed by atoms with Crippen molar-refractivity contribution in [3.8, 4) is 5.75 Å². The van der Waals surface area contributed by atoms with Crippen LogP contribution in [-0.2, 0) is 10.0 Å². The molecule has 0 saturated carbocycles. The molecule has 0 aliphatic rings. The van der Waals surface area contributed by atoms with Crippen LogP contribution >= 0.6 is 0 Å². The number of likely N-dealkylation sites (N-methyl/N-ethyl adjacent to an activating group) is 1. The Kier molecular flexibility index (Phi) is 7.14. The van der Waals surface area contributed by atoms with Crippen LogP contribution in [0.1, 0.15) is 27.2 Å². The number of sulfonamides is 1. The molecule has 0 saturated heterocycles. The monoisotopic (exact) mass is 314 g/mol. The maximum absolute atomic E-state index is 12.6. The molecule has 21 heavy (non-hydrogen) atoms. The van der Waals surface area contributed by atoms with Gasteiger partial charge in [0.1, 0.15) is 12.4 Å². The number of hydrogen-bond acceptors (Lipinski definition) is 4. The van der Waals surface area contributed by atoms with Gasteiger partial charge in [-0.15, -0.1) is 0 Å². The summed E-state index contributed by atoms with van der Waals surface area (Å²) in [5.41, 5.74) is 0. The summed E-state index contributed by atoms with van der Waals surface area (Å²) in [6, 6.07) is 6.56. The number of nitrogens with zero attached hydrogens (tertiary/aromatic N) is 1. The number of ether oxygens (including phenoxy) is 1. The Bertz CT molecular complexity index is 512. The summed E-state index contributed by atoms with van der Waals surface area (Å²) in [6.07, 6.45) is 0.794. The predicted octanol–water partition coefficient (Wildman–Crippen LogP) is 2.09. The third-order valence-electron chi connectivity index (χ3n) is 3.07. The maximum atomic E-state index is 12.6. The molecule has 6 heteroatoms. The standard InChI is InChI=1S/C15H26N2O3S/c1-5-11-17(13(2)3)21(18,19)15-8-6-14(7-9-15)20-12-10-16-4/h6-9,13,16H,5,10-12H2,1-4H3. The van der Waals surface area contributed by atoms with Crippen molar-refractivity contribution < 1.29 is 13.2 Å². The fourth-order valence-electron chi connectivity index (χ4n) is 1.99. The van der Waals surface area contributed by atoms with Crippen LogP contribution in [0.25, 0.3) is 0 Å². The van der Waals surface area contributed by atoms with E-state index in [4.69, 9.17) is 4.74 Å². The Morgan fingerprint density at radius 2 is 1.86 bits per heavy atom. The molecule has 0 aliphatic heterocycles. The van der Waals surface area contributed by atoms with Crippen LogP contribution in [-0.4, -0.2) is 45.5 Å². The summed E-state index contributed by atoms with van der Waals surface area (Å²) in [6.45, 7) is 7.59. The van der Waals surface area contributed by atoms with E-state index in [1.165, 1.54) is 4.31 Å². The minimum atomic E-state index is -3.44. The van der Waals surface area contributed by atoms with Crippen molar-refractivity contribution in [1.29, 1.82) is 0 Å². The van der Waals surface area contributed by atoms with Gasteiger partial charge in [-0.1, -0.05) is 6.92 Å². The van der Waals surface area contributed by atoms with Crippen molar-refractivity contribution in [2.24, 2.45) is 0 Å². The lowest BCUT2D eigenvalue weighted by atomic mass is 10.3. The summed E-state index contributed by atoms with van der Waals surface area (Å²) in [7, 11) is -1.58.